The molecular weight excluding hydrogens is 228 g/mol. The minimum absolute atomic E-state index is 0.00887. The number of rotatable bonds is 3. The highest BCUT2D eigenvalue weighted by Gasteiger charge is 2.07. The number of nitrogen functional groups attached to an aromatic ring is 1. The maximum Gasteiger partial charge on any atom is 0.227 e. The molecule has 0 aliphatic carbocycles. The molecule has 0 atom stereocenters. The Kier molecular flexibility index (Phi) is 3.43. The first kappa shape index (κ1) is 12.3. The van der Waals surface area contributed by atoms with E-state index < -0.39 is 0 Å². The van der Waals surface area contributed by atoms with E-state index in [9.17, 15) is 0 Å². The largest absolute Gasteiger partial charge is 0.392 e. The Morgan fingerprint density at radius 3 is 2.67 bits per heavy atom. The molecule has 5 heteroatoms. The van der Waals surface area contributed by atoms with Crippen molar-refractivity contribution in [3.63, 3.8) is 0 Å². The standard InChI is InChI=1S/C13H16N4O/c1-17(2)13-15-11(7-12(14)16-13)10-5-3-4-9(6-10)8-18/h3-7,18H,8H2,1-2H3,(H2,14,15,16). The van der Waals surface area contributed by atoms with Gasteiger partial charge in [0, 0.05) is 25.7 Å². The Balaban J connectivity index is 2.49. The van der Waals surface area contributed by atoms with Crippen LogP contribution >= 0.6 is 0 Å². The van der Waals surface area contributed by atoms with Crippen molar-refractivity contribution in [2.75, 3.05) is 24.7 Å². The van der Waals surface area contributed by atoms with Crippen LogP contribution in [0.2, 0.25) is 0 Å². The van der Waals surface area contributed by atoms with Gasteiger partial charge in [-0.05, 0) is 11.6 Å². The summed E-state index contributed by atoms with van der Waals surface area (Å²) in [5.41, 5.74) is 8.29. The van der Waals surface area contributed by atoms with Gasteiger partial charge in [0.05, 0.1) is 12.3 Å². The molecule has 0 saturated heterocycles. The van der Waals surface area contributed by atoms with E-state index in [2.05, 4.69) is 9.97 Å². The van der Waals surface area contributed by atoms with Gasteiger partial charge in [-0.2, -0.15) is 4.98 Å². The normalized spacial score (nSPS) is 10.4. The first-order chi connectivity index (χ1) is 8.60. The molecule has 0 fully saturated rings. The van der Waals surface area contributed by atoms with E-state index in [1.807, 2.05) is 38.4 Å². The number of aromatic nitrogens is 2. The summed E-state index contributed by atoms with van der Waals surface area (Å²) in [5, 5.41) is 9.14. The highest BCUT2D eigenvalue weighted by molar-refractivity contribution is 5.64. The number of aliphatic hydroxyl groups is 1. The minimum atomic E-state index is 0.00887. The Morgan fingerprint density at radius 2 is 2.00 bits per heavy atom. The number of hydrogen-bond acceptors (Lipinski definition) is 5. The zero-order valence-electron chi connectivity index (χ0n) is 10.5. The Morgan fingerprint density at radius 1 is 1.22 bits per heavy atom. The summed E-state index contributed by atoms with van der Waals surface area (Å²) in [6, 6.07) is 9.29. The van der Waals surface area contributed by atoms with Gasteiger partial charge in [-0.1, -0.05) is 18.2 Å². The summed E-state index contributed by atoms with van der Waals surface area (Å²) in [6.45, 7) is 0.00887. The molecule has 2 aromatic rings. The lowest BCUT2D eigenvalue weighted by Crippen LogP contribution is -2.14. The molecule has 5 nitrogen and oxygen atoms in total. The number of nitrogens with two attached hydrogens (primary N) is 1. The van der Waals surface area contributed by atoms with Gasteiger partial charge in [0.2, 0.25) is 5.95 Å². The molecular formula is C13H16N4O. The van der Waals surface area contributed by atoms with E-state index >= 15 is 0 Å². The third-order valence-corrected chi connectivity index (χ3v) is 2.54. The van der Waals surface area contributed by atoms with Crippen LogP contribution in [0.15, 0.2) is 30.3 Å². The van der Waals surface area contributed by atoms with Gasteiger partial charge in [-0.15, -0.1) is 0 Å². The van der Waals surface area contributed by atoms with Crippen LogP contribution in [0.4, 0.5) is 11.8 Å². The van der Waals surface area contributed by atoms with Gasteiger partial charge in [0.25, 0.3) is 0 Å². The van der Waals surface area contributed by atoms with Crippen molar-refractivity contribution in [1.82, 2.24) is 9.97 Å². The van der Waals surface area contributed by atoms with E-state index in [4.69, 9.17) is 10.8 Å². The third kappa shape index (κ3) is 2.57. The van der Waals surface area contributed by atoms with Crippen molar-refractivity contribution in [2.24, 2.45) is 0 Å². The van der Waals surface area contributed by atoms with Gasteiger partial charge in [0.1, 0.15) is 5.82 Å². The quantitative estimate of drug-likeness (QED) is 0.850. The zero-order valence-corrected chi connectivity index (χ0v) is 10.5. The maximum atomic E-state index is 9.14. The Labute approximate surface area is 106 Å². The summed E-state index contributed by atoms with van der Waals surface area (Å²) < 4.78 is 0. The average Bonchev–Trinajstić information content (AvgIpc) is 2.38. The van der Waals surface area contributed by atoms with Crippen LogP contribution in [0, 0.1) is 0 Å². The molecule has 1 aromatic heterocycles. The topological polar surface area (TPSA) is 75.3 Å². The molecule has 2 rings (SSSR count). The van der Waals surface area contributed by atoms with Crippen LogP contribution in [0.5, 0.6) is 0 Å². The fourth-order valence-electron chi connectivity index (χ4n) is 1.63. The second-order valence-electron chi connectivity index (χ2n) is 4.23. The van der Waals surface area contributed by atoms with Crippen LogP contribution in [0.1, 0.15) is 5.56 Å². The lowest BCUT2D eigenvalue weighted by molar-refractivity contribution is 0.282. The first-order valence-electron chi connectivity index (χ1n) is 5.62. The van der Waals surface area contributed by atoms with Crippen molar-refractivity contribution in [3.05, 3.63) is 35.9 Å². The third-order valence-electron chi connectivity index (χ3n) is 2.54. The van der Waals surface area contributed by atoms with E-state index in [0.29, 0.717) is 11.8 Å². The number of anilines is 2. The van der Waals surface area contributed by atoms with Gasteiger partial charge in [-0.3, -0.25) is 0 Å². The van der Waals surface area contributed by atoms with Crippen molar-refractivity contribution >= 4 is 11.8 Å². The summed E-state index contributed by atoms with van der Waals surface area (Å²) in [4.78, 5) is 10.4. The van der Waals surface area contributed by atoms with Crippen LogP contribution in [-0.4, -0.2) is 29.2 Å². The van der Waals surface area contributed by atoms with Crippen molar-refractivity contribution < 1.29 is 5.11 Å². The summed E-state index contributed by atoms with van der Waals surface area (Å²) in [7, 11) is 3.73. The van der Waals surface area contributed by atoms with Crippen LogP contribution in [-0.2, 0) is 6.61 Å². The predicted molar refractivity (Wildman–Crippen MR) is 72.1 cm³/mol. The lowest BCUT2D eigenvalue weighted by Gasteiger charge is -2.12. The molecule has 18 heavy (non-hydrogen) atoms. The molecule has 0 spiro atoms. The van der Waals surface area contributed by atoms with Crippen LogP contribution in [0.25, 0.3) is 11.3 Å². The molecule has 1 heterocycles. The molecule has 0 saturated carbocycles. The molecule has 1 aromatic carbocycles. The van der Waals surface area contributed by atoms with Crippen molar-refractivity contribution in [3.8, 4) is 11.3 Å². The number of aliphatic hydroxyl groups excluding tert-OH is 1. The SMILES string of the molecule is CN(C)c1nc(N)cc(-c2cccc(CO)c2)n1. The fourth-order valence-corrected chi connectivity index (χ4v) is 1.63. The van der Waals surface area contributed by atoms with Crippen molar-refractivity contribution in [2.45, 2.75) is 6.61 Å². The fraction of sp³-hybridized carbons (Fsp3) is 0.231. The molecule has 3 N–H and O–H groups in total. The average molecular weight is 244 g/mol. The van der Waals surface area contributed by atoms with E-state index in [1.54, 1.807) is 11.0 Å². The summed E-state index contributed by atoms with van der Waals surface area (Å²) in [6.07, 6.45) is 0. The highest BCUT2D eigenvalue weighted by atomic mass is 16.3. The summed E-state index contributed by atoms with van der Waals surface area (Å²) in [5.74, 6) is 0.998. The number of benzene rings is 1. The Bertz CT molecular complexity index is 554. The van der Waals surface area contributed by atoms with Gasteiger partial charge in [0.15, 0.2) is 0 Å². The second-order valence-corrected chi connectivity index (χ2v) is 4.23. The Hall–Kier alpha value is -2.14. The molecule has 0 aliphatic rings. The monoisotopic (exact) mass is 244 g/mol. The number of nitrogens with zero attached hydrogens (tertiary/aromatic N) is 3. The molecule has 0 radical (unpaired) electrons. The van der Waals surface area contributed by atoms with E-state index in [0.717, 1.165) is 16.8 Å². The van der Waals surface area contributed by atoms with E-state index in [-0.39, 0.29) is 6.61 Å². The van der Waals surface area contributed by atoms with Crippen molar-refractivity contribution in [1.29, 1.82) is 0 Å². The maximum absolute atomic E-state index is 9.14. The summed E-state index contributed by atoms with van der Waals surface area (Å²) >= 11 is 0. The zero-order chi connectivity index (χ0) is 13.1. The molecule has 0 unspecified atom stereocenters. The van der Waals surface area contributed by atoms with Gasteiger partial charge in [-0.25, -0.2) is 4.98 Å². The van der Waals surface area contributed by atoms with Gasteiger partial charge >= 0.3 is 0 Å². The van der Waals surface area contributed by atoms with Crippen LogP contribution < -0.4 is 10.6 Å². The second kappa shape index (κ2) is 5.01. The molecule has 0 amide bonds. The molecule has 0 aliphatic heterocycles. The van der Waals surface area contributed by atoms with Crippen LogP contribution in [0.3, 0.4) is 0 Å². The molecule has 94 valence electrons. The predicted octanol–water partition coefficient (Wildman–Crippen LogP) is 1.28. The van der Waals surface area contributed by atoms with E-state index in [1.165, 1.54) is 0 Å². The first-order valence-corrected chi connectivity index (χ1v) is 5.62. The smallest absolute Gasteiger partial charge is 0.227 e. The number of hydrogen-bond donors (Lipinski definition) is 2. The lowest BCUT2D eigenvalue weighted by atomic mass is 10.1. The molecule has 0 bridgehead atoms. The highest BCUT2D eigenvalue weighted by Crippen LogP contribution is 2.22. The van der Waals surface area contributed by atoms with Gasteiger partial charge < -0.3 is 15.7 Å². The minimum Gasteiger partial charge on any atom is -0.392 e.